The van der Waals surface area contributed by atoms with E-state index in [0.717, 1.165) is 17.7 Å². The summed E-state index contributed by atoms with van der Waals surface area (Å²) in [7, 11) is 3.11. The van der Waals surface area contributed by atoms with Crippen LogP contribution < -0.4 is 5.32 Å². The summed E-state index contributed by atoms with van der Waals surface area (Å²) < 4.78 is 5.32. The molecule has 0 aliphatic heterocycles. The maximum absolute atomic E-state index is 12.0. The Morgan fingerprint density at radius 2 is 1.89 bits per heavy atom. The van der Waals surface area contributed by atoms with Crippen LogP contribution in [0.5, 0.6) is 0 Å². The summed E-state index contributed by atoms with van der Waals surface area (Å²) >= 11 is 1.73. The van der Waals surface area contributed by atoms with Crippen LogP contribution in [0.1, 0.15) is 40.5 Å². The van der Waals surface area contributed by atoms with E-state index < -0.39 is 23.6 Å². The van der Waals surface area contributed by atoms with Gasteiger partial charge in [-0.2, -0.15) is 11.8 Å². The average molecular weight is 436 g/mol. The third-order valence-electron chi connectivity index (χ3n) is 3.27. The van der Waals surface area contributed by atoms with Gasteiger partial charge >= 0.3 is 12.1 Å². The number of carbonyl (C=O) groups excluding carboxylic acids is 1. The summed E-state index contributed by atoms with van der Waals surface area (Å²) in [5.41, 5.74) is 0.292. The Balaban J connectivity index is 4.45. The van der Waals surface area contributed by atoms with Crippen LogP contribution in [-0.4, -0.2) is 52.3 Å². The van der Waals surface area contributed by atoms with Crippen molar-refractivity contribution in [2.45, 2.75) is 52.2 Å². The molecule has 1 amide bonds. The second kappa shape index (κ2) is 14.3. The topological polar surface area (TPSA) is 75.6 Å². The zero-order chi connectivity index (χ0) is 20.9. The van der Waals surface area contributed by atoms with Crippen molar-refractivity contribution in [3.8, 4) is 0 Å². The molecule has 0 aromatic carbocycles. The maximum atomic E-state index is 12.0. The van der Waals surface area contributed by atoms with Gasteiger partial charge in [-0.1, -0.05) is 45.9 Å². The summed E-state index contributed by atoms with van der Waals surface area (Å²) in [5.74, 6) is 0.867. The van der Waals surface area contributed by atoms with Gasteiger partial charge in [0.1, 0.15) is 5.60 Å². The summed E-state index contributed by atoms with van der Waals surface area (Å²) in [6.45, 7) is 11.3. The number of amides is 1. The molecule has 156 valence electrons. The van der Waals surface area contributed by atoms with Crippen molar-refractivity contribution in [1.29, 1.82) is 0 Å². The molecule has 0 saturated carbocycles. The smallest absolute Gasteiger partial charge is 0.407 e. The highest BCUT2D eigenvalue weighted by atomic mass is 33.1. The molecular formula is C19H33NO4S3. The van der Waals surface area contributed by atoms with Crippen LogP contribution in [0.25, 0.3) is 0 Å². The molecule has 0 aromatic heterocycles. The Morgan fingerprint density at radius 3 is 2.41 bits per heavy atom. The molecule has 8 heteroatoms. The highest BCUT2D eigenvalue weighted by Gasteiger charge is 2.21. The first-order chi connectivity index (χ1) is 12.6. The first kappa shape index (κ1) is 26.3. The fourth-order valence-electron chi connectivity index (χ4n) is 2.03. The number of ether oxygens (including phenoxy) is 1. The van der Waals surface area contributed by atoms with Crippen molar-refractivity contribution in [3.63, 3.8) is 0 Å². The monoisotopic (exact) mass is 435 g/mol. The predicted molar refractivity (Wildman–Crippen MR) is 121 cm³/mol. The number of hydrogen-bond acceptors (Lipinski definition) is 6. The first-order valence-corrected chi connectivity index (χ1v) is 12.7. The van der Waals surface area contributed by atoms with Gasteiger partial charge in [0, 0.05) is 17.5 Å². The minimum absolute atomic E-state index is 0.00827. The van der Waals surface area contributed by atoms with Gasteiger partial charge < -0.3 is 15.2 Å². The van der Waals surface area contributed by atoms with Crippen LogP contribution in [0.15, 0.2) is 24.3 Å². The molecule has 0 heterocycles. The summed E-state index contributed by atoms with van der Waals surface area (Å²) in [5, 5.41) is 12.3. The second-order valence-corrected chi connectivity index (χ2v) is 10.6. The highest BCUT2D eigenvalue weighted by molar-refractivity contribution is 8.76. The van der Waals surface area contributed by atoms with Crippen molar-refractivity contribution in [2.75, 3.05) is 23.5 Å². The van der Waals surface area contributed by atoms with E-state index >= 15 is 0 Å². The van der Waals surface area contributed by atoms with Gasteiger partial charge in [0.15, 0.2) is 0 Å². The number of alkyl carbamates (subject to hydrolysis) is 1. The lowest BCUT2D eigenvalue weighted by Gasteiger charge is -2.23. The van der Waals surface area contributed by atoms with Crippen molar-refractivity contribution in [1.82, 2.24) is 5.32 Å². The molecule has 0 unspecified atom stereocenters. The van der Waals surface area contributed by atoms with Crippen molar-refractivity contribution < 1.29 is 19.4 Å². The Hall–Kier alpha value is -0.730. The van der Waals surface area contributed by atoms with Crippen LogP contribution in [0.2, 0.25) is 0 Å². The Labute approximate surface area is 175 Å². The first-order valence-electron chi connectivity index (χ1n) is 8.85. The normalized spacial score (nSPS) is 14.0. The summed E-state index contributed by atoms with van der Waals surface area (Å²) in [6.07, 6.45) is 6.61. The standard InChI is InChI=1S/C19H33NO4S3/c1-7-8-14(2)11-15(17(21)22)12-26-27-13-16(9-10-25-6)20-18(23)24-19(3,4)5/h7-8,15-16H,2,9-13H2,1,3-6H3,(H,20,23)(H,21,22)/b8-7-/t15-,16+/m1/s1. The number of thioether (sulfide) groups is 1. The summed E-state index contributed by atoms with van der Waals surface area (Å²) in [6, 6.07) is -0.00827. The number of aliphatic carboxylic acids is 1. The molecular weight excluding hydrogens is 402 g/mol. The lowest BCUT2D eigenvalue weighted by Crippen LogP contribution is -2.40. The van der Waals surface area contributed by atoms with E-state index in [0.29, 0.717) is 17.9 Å². The molecule has 0 radical (unpaired) electrons. The van der Waals surface area contributed by atoms with E-state index in [-0.39, 0.29) is 6.04 Å². The molecule has 0 saturated heterocycles. The number of rotatable bonds is 13. The molecule has 0 bridgehead atoms. The molecule has 2 N–H and O–H groups in total. The van der Waals surface area contributed by atoms with Crippen LogP contribution in [0.4, 0.5) is 4.79 Å². The lowest BCUT2D eigenvalue weighted by molar-refractivity contribution is -0.140. The zero-order valence-electron chi connectivity index (χ0n) is 16.9. The van der Waals surface area contributed by atoms with E-state index in [1.807, 2.05) is 46.1 Å². The predicted octanol–water partition coefficient (Wildman–Crippen LogP) is 5.24. The number of carboxylic acids is 1. The molecule has 5 nitrogen and oxygen atoms in total. The molecule has 27 heavy (non-hydrogen) atoms. The maximum Gasteiger partial charge on any atom is 0.407 e. The molecule has 0 aliphatic rings. The SMILES string of the molecule is C=C(/C=C\C)C[C@H](CSSC[C@H](CCSC)NC(=O)OC(C)(C)C)C(=O)O. The van der Waals surface area contributed by atoms with Crippen molar-refractivity contribution >= 4 is 45.4 Å². The van der Waals surface area contributed by atoms with Crippen LogP contribution in [0.3, 0.4) is 0 Å². The van der Waals surface area contributed by atoms with E-state index in [4.69, 9.17) is 4.74 Å². The number of carbonyl (C=O) groups is 2. The number of nitrogens with one attached hydrogen (secondary N) is 1. The van der Waals surface area contributed by atoms with Crippen molar-refractivity contribution in [3.05, 3.63) is 24.3 Å². The third-order valence-corrected chi connectivity index (χ3v) is 6.48. The molecule has 0 aliphatic carbocycles. The fraction of sp³-hybridized carbons (Fsp3) is 0.684. The Morgan fingerprint density at radius 1 is 1.26 bits per heavy atom. The van der Waals surface area contributed by atoms with Gasteiger partial charge in [0.25, 0.3) is 0 Å². The van der Waals surface area contributed by atoms with Gasteiger partial charge in [-0.05, 0) is 52.5 Å². The zero-order valence-corrected chi connectivity index (χ0v) is 19.4. The summed E-state index contributed by atoms with van der Waals surface area (Å²) in [4.78, 5) is 23.4. The quantitative estimate of drug-likeness (QED) is 0.233. The van der Waals surface area contributed by atoms with Gasteiger partial charge in [0.2, 0.25) is 0 Å². The molecule has 0 fully saturated rings. The average Bonchev–Trinajstić information content (AvgIpc) is 2.53. The number of hydrogen-bond donors (Lipinski definition) is 2. The third kappa shape index (κ3) is 14.9. The van der Waals surface area contributed by atoms with Crippen molar-refractivity contribution in [2.24, 2.45) is 5.92 Å². The molecule has 0 aromatic rings. The van der Waals surface area contributed by atoms with E-state index in [2.05, 4.69) is 11.9 Å². The number of allylic oxidation sites excluding steroid dienone is 3. The largest absolute Gasteiger partial charge is 0.481 e. The fourth-order valence-corrected chi connectivity index (χ4v) is 5.14. The lowest BCUT2D eigenvalue weighted by atomic mass is 10.0. The van der Waals surface area contributed by atoms with Gasteiger partial charge in [-0.3, -0.25) is 4.79 Å². The van der Waals surface area contributed by atoms with E-state index in [1.54, 1.807) is 22.6 Å². The van der Waals surface area contributed by atoms with Gasteiger partial charge in [-0.25, -0.2) is 4.79 Å². The van der Waals surface area contributed by atoms with Crippen LogP contribution in [-0.2, 0) is 9.53 Å². The van der Waals surface area contributed by atoms with Gasteiger partial charge in [0.05, 0.1) is 5.92 Å². The van der Waals surface area contributed by atoms with Gasteiger partial charge in [-0.15, -0.1) is 0 Å². The Kier molecular flexibility index (Phi) is 13.9. The molecule has 0 spiro atoms. The minimum atomic E-state index is -0.806. The Bertz CT molecular complexity index is 504. The van der Waals surface area contributed by atoms with E-state index in [1.165, 1.54) is 10.8 Å². The van der Waals surface area contributed by atoms with Crippen LogP contribution >= 0.6 is 33.3 Å². The number of carboxylic acid groups (broad SMARTS) is 1. The minimum Gasteiger partial charge on any atom is -0.481 e. The van der Waals surface area contributed by atoms with E-state index in [9.17, 15) is 14.7 Å². The molecule has 2 atom stereocenters. The highest BCUT2D eigenvalue weighted by Crippen LogP contribution is 2.28. The second-order valence-electron chi connectivity index (χ2n) is 7.09. The molecule has 0 rings (SSSR count). The van der Waals surface area contributed by atoms with Crippen LogP contribution in [0, 0.1) is 5.92 Å².